The second-order valence-electron chi connectivity index (χ2n) is 5.31. The summed E-state index contributed by atoms with van der Waals surface area (Å²) in [4.78, 5) is 31.9. The normalized spacial score (nSPS) is 10.9. The molecule has 8 nitrogen and oxygen atoms in total. The number of fused-ring (bicyclic) bond motifs is 1. The number of aromatic amines is 1. The van der Waals surface area contributed by atoms with Gasteiger partial charge in [-0.05, 0) is 37.6 Å². The summed E-state index contributed by atoms with van der Waals surface area (Å²) in [5.41, 5.74) is 1.32. The minimum atomic E-state index is -0.956. The minimum absolute atomic E-state index is 0.122. The van der Waals surface area contributed by atoms with E-state index in [-0.39, 0.29) is 24.2 Å². The molecule has 3 aromatic rings. The summed E-state index contributed by atoms with van der Waals surface area (Å²) >= 11 is 0. The summed E-state index contributed by atoms with van der Waals surface area (Å²) in [6.45, 7) is 1.68. The van der Waals surface area contributed by atoms with Crippen LogP contribution >= 0.6 is 0 Å². The number of H-pyrrole nitrogens is 1. The Bertz CT molecular complexity index is 957. The van der Waals surface area contributed by atoms with Gasteiger partial charge < -0.3 is 9.84 Å². The number of nitrogens with one attached hydrogen (secondary N) is 1. The van der Waals surface area contributed by atoms with E-state index in [0.29, 0.717) is 17.1 Å². The summed E-state index contributed by atoms with van der Waals surface area (Å²) in [6.07, 6.45) is 0.0100. The van der Waals surface area contributed by atoms with Crippen LogP contribution < -0.4 is 10.3 Å². The first-order chi connectivity index (χ1) is 11.5. The van der Waals surface area contributed by atoms with Gasteiger partial charge in [-0.3, -0.25) is 14.7 Å². The molecule has 0 unspecified atom stereocenters. The highest BCUT2D eigenvalue weighted by molar-refractivity contribution is 5.67. The van der Waals surface area contributed by atoms with Crippen LogP contribution in [0, 0.1) is 6.92 Å². The van der Waals surface area contributed by atoms with Crippen molar-refractivity contribution < 1.29 is 14.6 Å². The molecule has 0 amide bonds. The zero-order valence-corrected chi connectivity index (χ0v) is 13.2. The molecule has 0 aliphatic carbocycles. The average Bonchev–Trinajstić information content (AvgIpc) is 2.98. The molecule has 2 heterocycles. The number of methoxy groups -OCH3 is 1. The van der Waals surface area contributed by atoms with E-state index in [1.54, 1.807) is 26.2 Å². The molecule has 0 atom stereocenters. The standard InChI is InChI=1S/C16H16N4O4/c1-9-12(7-8-13(21)22)15(23)20-16(17-9)18-14(19-20)10-3-5-11(24-2)6-4-10/h3-6H,7-8H2,1-2H3,(H,21,22)(H,17,18,19). The Morgan fingerprint density at radius 2 is 2.00 bits per heavy atom. The number of ether oxygens (including phenoxy) is 1. The molecule has 0 spiro atoms. The lowest BCUT2D eigenvalue weighted by molar-refractivity contribution is -0.136. The number of aliphatic carboxylic acids is 1. The van der Waals surface area contributed by atoms with Gasteiger partial charge in [0, 0.05) is 17.5 Å². The second kappa shape index (κ2) is 6.15. The van der Waals surface area contributed by atoms with Crippen molar-refractivity contribution in [2.75, 3.05) is 7.11 Å². The van der Waals surface area contributed by atoms with E-state index in [2.05, 4.69) is 15.1 Å². The molecule has 8 heteroatoms. The van der Waals surface area contributed by atoms with E-state index < -0.39 is 5.97 Å². The van der Waals surface area contributed by atoms with Crippen LogP contribution in [0.3, 0.4) is 0 Å². The highest BCUT2D eigenvalue weighted by atomic mass is 16.5. The van der Waals surface area contributed by atoms with E-state index in [1.807, 2.05) is 12.1 Å². The summed E-state index contributed by atoms with van der Waals surface area (Å²) < 4.78 is 6.35. The number of hydrogen-bond acceptors (Lipinski definition) is 5. The number of aromatic nitrogens is 4. The predicted octanol–water partition coefficient (Wildman–Crippen LogP) is 1.42. The first-order valence-electron chi connectivity index (χ1n) is 7.34. The van der Waals surface area contributed by atoms with Crippen LogP contribution in [-0.4, -0.2) is 37.8 Å². The average molecular weight is 328 g/mol. The van der Waals surface area contributed by atoms with Crippen LogP contribution in [0.2, 0.25) is 0 Å². The van der Waals surface area contributed by atoms with Gasteiger partial charge in [-0.25, -0.2) is 4.98 Å². The molecule has 3 rings (SSSR count). The number of carbonyl (C=O) groups is 1. The largest absolute Gasteiger partial charge is 0.497 e. The number of benzene rings is 1. The third kappa shape index (κ3) is 2.85. The lowest BCUT2D eigenvalue weighted by atomic mass is 10.1. The van der Waals surface area contributed by atoms with Crippen molar-refractivity contribution in [2.45, 2.75) is 19.8 Å². The first kappa shape index (κ1) is 15.7. The molecule has 0 saturated carbocycles. The van der Waals surface area contributed by atoms with Crippen LogP contribution in [0.25, 0.3) is 17.2 Å². The topological polar surface area (TPSA) is 110 Å². The maximum Gasteiger partial charge on any atom is 0.303 e. The molecule has 0 aliphatic rings. The fourth-order valence-electron chi connectivity index (χ4n) is 2.45. The van der Waals surface area contributed by atoms with Gasteiger partial charge in [0.25, 0.3) is 11.3 Å². The number of hydrogen-bond donors (Lipinski definition) is 2. The number of aryl methyl sites for hydroxylation is 1. The number of rotatable bonds is 5. The number of nitrogens with zero attached hydrogens (tertiary/aromatic N) is 3. The molecular weight excluding hydrogens is 312 g/mol. The minimum Gasteiger partial charge on any atom is -0.497 e. The molecule has 0 radical (unpaired) electrons. The summed E-state index contributed by atoms with van der Waals surface area (Å²) in [7, 11) is 1.58. The van der Waals surface area contributed by atoms with E-state index in [4.69, 9.17) is 9.84 Å². The molecule has 0 bridgehead atoms. The smallest absolute Gasteiger partial charge is 0.303 e. The van der Waals surface area contributed by atoms with Crippen molar-refractivity contribution in [2.24, 2.45) is 0 Å². The van der Waals surface area contributed by atoms with E-state index in [1.165, 1.54) is 4.52 Å². The monoisotopic (exact) mass is 328 g/mol. The van der Waals surface area contributed by atoms with Gasteiger partial charge in [0.15, 0.2) is 5.82 Å². The van der Waals surface area contributed by atoms with Crippen molar-refractivity contribution in [1.82, 2.24) is 19.6 Å². The lowest BCUT2D eigenvalue weighted by Gasteiger charge is -2.02. The molecule has 1 aromatic carbocycles. The predicted molar refractivity (Wildman–Crippen MR) is 86.3 cm³/mol. The van der Waals surface area contributed by atoms with Gasteiger partial charge in [0.2, 0.25) is 0 Å². The van der Waals surface area contributed by atoms with E-state index >= 15 is 0 Å². The Morgan fingerprint density at radius 1 is 1.29 bits per heavy atom. The molecule has 2 aromatic heterocycles. The van der Waals surface area contributed by atoms with Gasteiger partial charge in [-0.2, -0.15) is 9.50 Å². The van der Waals surface area contributed by atoms with Crippen molar-refractivity contribution >= 4 is 11.7 Å². The summed E-state index contributed by atoms with van der Waals surface area (Å²) in [5, 5.41) is 11.7. The Labute approximate surface area is 136 Å². The Kier molecular flexibility index (Phi) is 4.03. The zero-order chi connectivity index (χ0) is 17.3. The number of carboxylic acids is 1. The van der Waals surface area contributed by atoms with Crippen molar-refractivity contribution in [3.05, 3.63) is 45.9 Å². The van der Waals surface area contributed by atoms with Gasteiger partial charge in [0.1, 0.15) is 5.75 Å². The second-order valence-corrected chi connectivity index (χ2v) is 5.31. The van der Waals surface area contributed by atoms with Gasteiger partial charge in [-0.1, -0.05) is 0 Å². The van der Waals surface area contributed by atoms with Crippen LogP contribution in [0.5, 0.6) is 5.75 Å². The third-order valence-corrected chi connectivity index (χ3v) is 3.75. The van der Waals surface area contributed by atoms with Crippen LogP contribution in [0.15, 0.2) is 29.1 Å². The summed E-state index contributed by atoms with van der Waals surface area (Å²) in [5.74, 6) is 0.513. The van der Waals surface area contributed by atoms with Crippen molar-refractivity contribution in [3.8, 4) is 17.1 Å². The van der Waals surface area contributed by atoms with Gasteiger partial charge in [0.05, 0.1) is 12.8 Å². The van der Waals surface area contributed by atoms with Crippen molar-refractivity contribution in [3.63, 3.8) is 0 Å². The third-order valence-electron chi connectivity index (χ3n) is 3.75. The Morgan fingerprint density at radius 3 is 2.62 bits per heavy atom. The van der Waals surface area contributed by atoms with E-state index in [9.17, 15) is 9.59 Å². The maximum absolute atomic E-state index is 12.5. The van der Waals surface area contributed by atoms with Crippen LogP contribution in [0.1, 0.15) is 17.7 Å². The van der Waals surface area contributed by atoms with Gasteiger partial charge in [-0.15, -0.1) is 0 Å². The first-order valence-corrected chi connectivity index (χ1v) is 7.34. The van der Waals surface area contributed by atoms with Crippen LogP contribution in [-0.2, 0) is 11.2 Å². The Hall–Kier alpha value is -3.16. The summed E-state index contributed by atoms with van der Waals surface area (Å²) in [6, 6.07) is 7.23. The molecule has 0 aliphatic heterocycles. The fraction of sp³-hybridized carbons (Fsp3) is 0.250. The van der Waals surface area contributed by atoms with Crippen LogP contribution in [0.4, 0.5) is 0 Å². The molecule has 124 valence electrons. The maximum atomic E-state index is 12.5. The molecule has 24 heavy (non-hydrogen) atoms. The highest BCUT2D eigenvalue weighted by Gasteiger charge is 2.15. The quantitative estimate of drug-likeness (QED) is 0.733. The fourth-order valence-corrected chi connectivity index (χ4v) is 2.45. The van der Waals surface area contributed by atoms with Gasteiger partial charge >= 0.3 is 5.97 Å². The lowest BCUT2D eigenvalue weighted by Crippen LogP contribution is -2.22. The SMILES string of the molecule is COc1ccc(-c2nc3nc(C)c(CCC(=O)O)c(=O)n3[nH]2)cc1. The highest BCUT2D eigenvalue weighted by Crippen LogP contribution is 2.19. The van der Waals surface area contributed by atoms with E-state index in [0.717, 1.165) is 11.3 Å². The molecule has 0 saturated heterocycles. The molecule has 2 N–H and O–H groups in total. The van der Waals surface area contributed by atoms with Crippen molar-refractivity contribution in [1.29, 1.82) is 0 Å². The zero-order valence-electron chi connectivity index (χ0n) is 13.2. The molecule has 0 fully saturated rings. The number of carboxylic acid groups (broad SMARTS) is 1. The molecular formula is C16H16N4O4. The Balaban J connectivity index is 2.05.